The number of hydrogen-bond acceptors (Lipinski definition) is 0. The van der Waals surface area contributed by atoms with Gasteiger partial charge in [0.05, 0.1) is 0 Å². The molecule has 0 bridgehead atoms. The number of hydrogen-bond donors (Lipinski definition) is 0. The Morgan fingerprint density at radius 1 is 0.929 bits per heavy atom. The van der Waals surface area contributed by atoms with Crippen LogP contribution in [0.2, 0.25) is 0 Å². The fourth-order valence-electron chi connectivity index (χ4n) is 4.48. The summed E-state index contributed by atoms with van der Waals surface area (Å²) in [7, 11) is 0. The van der Waals surface area contributed by atoms with E-state index in [1.807, 2.05) is 0 Å². The number of allylic oxidation sites excluding steroid dienone is 1. The van der Waals surface area contributed by atoms with Gasteiger partial charge < -0.3 is 0 Å². The fourth-order valence-corrected chi connectivity index (χ4v) is 4.48. The summed E-state index contributed by atoms with van der Waals surface area (Å²) in [6.45, 7) is 4.21. The minimum Gasteiger partial charge on any atom is -0.0999 e. The van der Waals surface area contributed by atoms with Crippen molar-refractivity contribution >= 4 is 0 Å². The fraction of sp³-hybridized carbons (Fsp3) is 0.857. The lowest BCUT2D eigenvalue weighted by Crippen LogP contribution is -2.23. The van der Waals surface area contributed by atoms with Crippen molar-refractivity contribution < 1.29 is 0 Å². The van der Waals surface area contributed by atoms with Gasteiger partial charge >= 0.3 is 0 Å². The van der Waals surface area contributed by atoms with Crippen molar-refractivity contribution in [1.29, 1.82) is 0 Å². The SMILES string of the molecule is C=C1CCC2CC3CCCCC3C2C1. The molecule has 3 aliphatic carbocycles. The first-order valence-corrected chi connectivity index (χ1v) is 6.51. The molecule has 0 nitrogen and oxygen atoms in total. The Kier molecular flexibility index (Phi) is 2.18. The van der Waals surface area contributed by atoms with Crippen LogP contribution in [0, 0.1) is 23.7 Å². The third-order valence-corrected chi connectivity index (χ3v) is 5.12. The topological polar surface area (TPSA) is 0 Å². The quantitative estimate of drug-likeness (QED) is 0.503. The molecule has 0 spiro atoms. The van der Waals surface area contributed by atoms with Crippen molar-refractivity contribution in [2.24, 2.45) is 23.7 Å². The van der Waals surface area contributed by atoms with Gasteiger partial charge in [-0.15, -0.1) is 0 Å². The molecule has 78 valence electrons. The minimum absolute atomic E-state index is 1.06. The summed E-state index contributed by atoms with van der Waals surface area (Å²) in [5, 5.41) is 0. The first-order chi connectivity index (χ1) is 6.84. The van der Waals surface area contributed by atoms with E-state index in [0.29, 0.717) is 0 Å². The molecule has 3 rings (SSSR count). The van der Waals surface area contributed by atoms with Crippen molar-refractivity contribution in [3.63, 3.8) is 0 Å². The predicted molar refractivity (Wildman–Crippen MR) is 60.0 cm³/mol. The van der Waals surface area contributed by atoms with Crippen molar-refractivity contribution in [3.8, 4) is 0 Å². The highest BCUT2D eigenvalue weighted by Gasteiger charge is 2.44. The maximum atomic E-state index is 4.21. The molecular weight excluding hydrogens is 168 g/mol. The van der Waals surface area contributed by atoms with Crippen LogP contribution in [-0.4, -0.2) is 0 Å². The zero-order valence-electron chi connectivity index (χ0n) is 9.17. The van der Waals surface area contributed by atoms with Crippen LogP contribution in [0.5, 0.6) is 0 Å². The molecule has 4 unspecified atom stereocenters. The van der Waals surface area contributed by atoms with Crippen LogP contribution in [0.4, 0.5) is 0 Å². The van der Waals surface area contributed by atoms with Gasteiger partial charge in [-0.3, -0.25) is 0 Å². The van der Waals surface area contributed by atoms with Gasteiger partial charge in [-0.05, 0) is 55.8 Å². The molecule has 0 amide bonds. The van der Waals surface area contributed by atoms with Gasteiger partial charge in [0.2, 0.25) is 0 Å². The van der Waals surface area contributed by atoms with Crippen molar-refractivity contribution in [3.05, 3.63) is 12.2 Å². The van der Waals surface area contributed by atoms with E-state index >= 15 is 0 Å². The lowest BCUT2D eigenvalue weighted by Gasteiger charge is -2.33. The average Bonchev–Trinajstić information content (AvgIpc) is 2.56. The average molecular weight is 190 g/mol. The Balaban J connectivity index is 1.78. The molecule has 4 atom stereocenters. The molecule has 0 aromatic heterocycles. The van der Waals surface area contributed by atoms with E-state index in [1.54, 1.807) is 24.8 Å². The van der Waals surface area contributed by atoms with Gasteiger partial charge in [-0.2, -0.15) is 0 Å². The largest absolute Gasteiger partial charge is 0.0999 e. The molecule has 0 N–H and O–H groups in total. The third kappa shape index (κ3) is 1.34. The van der Waals surface area contributed by atoms with Crippen LogP contribution >= 0.6 is 0 Å². The van der Waals surface area contributed by atoms with Crippen LogP contribution in [0.15, 0.2) is 12.2 Å². The Labute approximate surface area is 87.8 Å². The normalized spacial score (nSPS) is 47.3. The first-order valence-electron chi connectivity index (χ1n) is 6.51. The molecule has 3 saturated carbocycles. The van der Waals surface area contributed by atoms with Gasteiger partial charge in [0, 0.05) is 0 Å². The highest BCUT2D eigenvalue weighted by molar-refractivity contribution is 5.07. The zero-order chi connectivity index (χ0) is 9.54. The van der Waals surface area contributed by atoms with Crippen molar-refractivity contribution in [2.45, 2.75) is 51.4 Å². The summed E-state index contributed by atoms with van der Waals surface area (Å²) < 4.78 is 0. The lowest BCUT2D eigenvalue weighted by atomic mass is 9.72. The predicted octanol–water partition coefficient (Wildman–Crippen LogP) is 4.17. The Hall–Kier alpha value is -0.260. The highest BCUT2D eigenvalue weighted by Crippen LogP contribution is 2.54. The molecule has 0 aromatic rings. The second-order valence-corrected chi connectivity index (χ2v) is 5.86. The maximum Gasteiger partial charge on any atom is -0.0289 e. The Bertz CT molecular complexity index is 240. The Morgan fingerprint density at radius 2 is 1.71 bits per heavy atom. The van der Waals surface area contributed by atoms with Gasteiger partial charge in [-0.1, -0.05) is 31.4 Å². The maximum absolute atomic E-state index is 4.21. The summed E-state index contributed by atoms with van der Waals surface area (Å²) in [5.41, 5.74) is 1.55. The van der Waals surface area contributed by atoms with E-state index in [2.05, 4.69) is 6.58 Å². The minimum atomic E-state index is 1.06. The van der Waals surface area contributed by atoms with Gasteiger partial charge in [0.25, 0.3) is 0 Å². The van der Waals surface area contributed by atoms with Crippen LogP contribution in [0.3, 0.4) is 0 Å². The van der Waals surface area contributed by atoms with Gasteiger partial charge in [0.1, 0.15) is 0 Å². The van der Waals surface area contributed by atoms with Gasteiger partial charge in [-0.25, -0.2) is 0 Å². The third-order valence-electron chi connectivity index (χ3n) is 5.12. The zero-order valence-corrected chi connectivity index (χ0v) is 9.17. The molecule has 0 aliphatic heterocycles. The second-order valence-electron chi connectivity index (χ2n) is 5.86. The molecule has 3 fully saturated rings. The first kappa shape index (κ1) is 9.00. The van der Waals surface area contributed by atoms with E-state index in [1.165, 1.54) is 32.1 Å². The van der Waals surface area contributed by atoms with E-state index < -0.39 is 0 Å². The summed E-state index contributed by atoms with van der Waals surface area (Å²) in [5.74, 6) is 4.37. The number of rotatable bonds is 0. The van der Waals surface area contributed by atoms with Crippen molar-refractivity contribution in [2.75, 3.05) is 0 Å². The second kappa shape index (κ2) is 3.40. The molecule has 0 radical (unpaired) electrons. The van der Waals surface area contributed by atoms with E-state index in [-0.39, 0.29) is 0 Å². The molecule has 0 heteroatoms. The smallest absolute Gasteiger partial charge is 0.0289 e. The van der Waals surface area contributed by atoms with Crippen LogP contribution in [0.1, 0.15) is 51.4 Å². The molecular formula is C14H22. The lowest BCUT2D eigenvalue weighted by molar-refractivity contribution is 0.204. The van der Waals surface area contributed by atoms with Crippen LogP contribution < -0.4 is 0 Å². The summed E-state index contributed by atoms with van der Waals surface area (Å²) >= 11 is 0. The molecule has 0 saturated heterocycles. The monoisotopic (exact) mass is 190 g/mol. The Morgan fingerprint density at radius 3 is 2.64 bits per heavy atom. The number of fused-ring (bicyclic) bond motifs is 3. The standard InChI is InChI=1S/C14H22/c1-10-6-7-12-9-11-4-2-3-5-13(11)14(12)8-10/h11-14H,1-9H2. The van der Waals surface area contributed by atoms with Crippen molar-refractivity contribution in [1.82, 2.24) is 0 Å². The molecule has 3 aliphatic rings. The molecule has 0 heterocycles. The summed E-state index contributed by atoms with van der Waals surface area (Å²) in [6.07, 6.45) is 11.9. The van der Waals surface area contributed by atoms with Gasteiger partial charge in [0.15, 0.2) is 0 Å². The molecule has 0 aromatic carbocycles. The van der Waals surface area contributed by atoms with Crippen LogP contribution in [0.25, 0.3) is 0 Å². The molecule has 14 heavy (non-hydrogen) atoms. The van der Waals surface area contributed by atoms with E-state index in [0.717, 1.165) is 23.7 Å². The summed E-state index contributed by atoms with van der Waals surface area (Å²) in [6, 6.07) is 0. The van der Waals surface area contributed by atoms with E-state index in [9.17, 15) is 0 Å². The summed E-state index contributed by atoms with van der Waals surface area (Å²) in [4.78, 5) is 0. The highest BCUT2D eigenvalue weighted by atomic mass is 14.5. The van der Waals surface area contributed by atoms with Crippen LogP contribution in [-0.2, 0) is 0 Å². The van der Waals surface area contributed by atoms with E-state index in [4.69, 9.17) is 0 Å².